The first-order valence-corrected chi connectivity index (χ1v) is 10.9. The number of hydrogen-bond donors (Lipinski definition) is 2. The van der Waals surface area contributed by atoms with Crippen LogP contribution in [0.15, 0.2) is 29.1 Å². The average Bonchev–Trinajstić information content (AvgIpc) is 3.28. The van der Waals surface area contributed by atoms with Crippen molar-refractivity contribution in [3.05, 3.63) is 30.5 Å². The standard InChI is InChI=1S/C16H20AsN5O3/c23-10-20-16-21-13-14(17-8-11-4-3-7-24-11)18-9-19-15(13)22(16)12-5-1-2-6-25-12/h3-4,7,9,12,17,23H,1-2,5-6,8,10H2,(H,20,21). The number of aromatic nitrogens is 4. The molecule has 2 atom stereocenters. The zero-order valence-electron chi connectivity index (χ0n) is 13.7. The molecule has 0 amide bonds. The van der Waals surface area contributed by atoms with E-state index in [0.717, 1.165) is 52.5 Å². The zero-order valence-corrected chi connectivity index (χ0v) is 15.8. The van der Waals surface area contributed by atoms with Gasteiger partial charge in [0.1, 0.15) is 0 Å². The third-order valence-electron chi connectivity index (χ3n) is 4.17. The molecule has 8 nitrogen and oxygen atoms in total. The van der Waals surface area contributed by atoms with Gasteiger partial charge in [0.25, 0.3) is 0 Å². The van der Waals surface area contributed by atoms with E-state index in [9.17, 15) is 5.11 Å². The summed E-state index contributed by atoms with van der Waals surface area (Å²) in [4.78, 5) is 13.6. The first kappa shape index (κ1) is 16.6. The Morgan fingerprint density at radius 1 is 1.36 bits per heavy atom. The molecule has 0 bridgehead atoms. The predicted molar refractivity (Wildman–Crippen MR) is 94.1 cm³/mol. The topological polar surface area (TPSA) is 98.2 Å². The van der Waals surface area contributed by atoms with Crippen molar-refractivity contribution in [2.75, 3.05) is 18.7 Å². The van der Waals surface area contributed by atoms with E-state index in [0.29, 0.717) is 5.95 Å². The molecule has 2 N–H and O–H groups in total. The molecule has 25 heavy (non-hydrogen) atoms. The fourth-order valence-corrected chi connectivity index (χ4v) is 5.17. The van der Waals surface area contributed by atoms with Crippen LogP contribution in [-0.4, -0.2) is 53.7 Å². The van der Waals surface area contributed by atoms with Crippen LogP contribution < -0.4 is 9.80 Å². The number of furan rings is 1. The number of nitrogens with one attached hydrogen (secondary N) is 1. The molecule has 0 aromatic carbocycles. The second-order valence-corrected chi connectivity index (χ2v) is 8.27. The molecule has 1 fully saturated rings. The molecule has 9 heteroatoms. The van der Waals surface area contributed by atoms with E-state index in [1.165, 1.54) is 0 Å². The van der Waals surface area contributed by atoms with Crippen LogP contribution in [0.1, 0.15) is 31.3 Å². The number of rotatable bonds is 6. The molecule has 3 aromatic rings. The van der Waals surface area contributed by atoms with Crippen LogP contribution >= 0.6 is 0 Å². The number of fused-ring (bicyclic) bond motifs is 1. The average molecular weight is 405 g/mol. The maximum atomic E-state index is 9.32. The van der Waals surface area contributed by atoms with E-state index in [1.54, 1.807) is 12.6 Å². The quantitative estimate of drug-likeness (QED) is 0.461. The first-order chi connectivity index (χ1) is 12.4. The molecule has 0 spiro atoms. The van der Waals surface area contributed by atoms with Crippen LogP contribution in [0.4, 0.5) is 5.95 Å². The van der Waals surface area contributed by atoms with Gasteiger partial charge in [-0.25, -0.2) is 0 Å². The summed E-state index contributed by atoms with van der Waals surface area (Å²) in [6, 6.07) is 3.88. The molecule has 2 unspecified atom stereocenters. The Morgan fingerprint density at radius 3 is 3.08 bits per heavy atom. The summed E-state index contributed by atoms with van der Waals surface area (Å²) in [5.41, 5.74) is 1.55. The molecular weight excluding hydrogens is 385 g/mol. The number of aliphatic hydroxyl groups is 1. The van der Waals surface area contributed by atoms with Crippen molar-refractivity contribution >= 4 is 37.3 Å². The Hall–Kier alpha value is -1.89. The van der Waals surface area contributed by atoms with Gasteiger partial charge in [-0.3, -0.25) is 0 Å². The molecule has 0 radical (unpaired) electrons. The van der Waals surface area contributed by atoms with Gasteiger partial charge in [0.2, 0.25) is 0 Å². The van der Waals surface area contributed by atoms with Crippen LogP contribution in [-0.2, 0) is 9.95 Å². The van der Waals surface area contributed by atoms with Crippen molar-refractivity contribution < 1.29 is 14.3 Å². The van der Waals surface area contributed by atoms with Crippen molar-refractivity contribution in [1.82, 2.24) is 19.5 Å². The van der Waals surface area contributed by atoms with Crippen LogP contribution in [0.3, 0.4) is 0 Å². The fourth-order valence-electron chi connectivity index (χ4n) is 3.02. The summed E-state index contributed by atoms with van der Waals surface area (Å²) >= 11 is -0.559. The Bertz CT molecular complexity index is 830. The Labute approximate surface area is 151 Å². The van der Waals surface area contributed by atoms with Gasteiger partial charge >= 0.3 is 151 Å². The first-order valence-electron chi connectivity index (χ1n) is 8.32. The van der Waals surface area contributed by atoms with E-state index in [1.807, 2.05) is 16.7 Å². The molecule has 1 aliphatic heterocycles. The van der Waals surface area contributed by atoms with Crippen molar-refractivity contribution in [3.8, 4) is 0 Å². The number of imidazole rings is 1. The molecular formula is C16H20AsN5O3. The number of aliphatic hydroxyl groups excluding tert-OH is 1. The number of anilines is 1. The number of nitrogens with zero attached hydrogens (tertiary/aromatic N) is 4. The number of ether oxygens (including phenoxy) is 1. The predicted octanol–water partition coefficient (Wildman–Crippen LogP) is 0.742. The SMILES string of the molecule is OCNc1nc2c([AsH]Cc3ccco3)ncnc2n1C1CCCCO1. The zero-order chi connectivity index (χ0) is 17.1. The summed E-state index contributed by atoms with van der Waals surface area (Å²) < 4.78 is 14.3. The van der Waals surface area contributed by atoms with E-state index in [-0.39, 0.29) is 13.0 Å². The third kappa shape index (κ3) is 3.42. The maximum absolute atomic E-state index is 9.32. The van der Waals surface area contributed by atoms with E-state index in [2.05, 4.69) is 20.3 Å². The van der Waals surface area contributed by atoms with Crippen molar-refractivity contribution in [2.45, 2.75) is 30.7 Å². The molecule has 3 aromatic heterocycles. The van der Waals surface area contributed by atoms with Crippen molar-refractivity contribution in [1.29, 1.82) is 0 Å². The minimum atomic E-state index is -0.559. The van der Waals surface area contributed by atoms with Crippen LogP contribution in [0.25, 0.3) is 11.2 Å². The molecule has 4 rings (SSSR count). The summed E-state index contributed by atoms with van der Waals surface area (Å²) in [6.07, 6.45) is 6.26. The molecule has 132 valence electrons. The second-order valence-electron chi connectivity index (χ2n) is 5.79. The van der Waals surface area contributed by atoms with Gasteiger partial charge in [0, 0.05) is 0 Å². The van der Waals surface area contributed by atoms with Gasteiger partial charge in [0.15, 0.2) is 0 Å². The molecule has 1 saturated heterocycles. The molecule has 0 aliphatic carbocycles. The van der Waals surface area contributed by atoms with Gasteiger partial charge in [-0.15, -0.1) is 0 Å². The Kier molecular flexibility index (Phi) is 5.01. The normalized spacial score (nSPS) is 18.4. The Balaban J connectivity index is 1.70. The van der Waals surface area contributed by atoms with Gasteiger partial charge in [-0.1, -0.05) is 0 Å². The van der Waals surface area contributed by atoms with Gasteiger partial charge in [-0.05, 0) is 0 Å². The third-order valence-corrected chi connectivity index (χ3v) is 6.74. The summed E-state index contributed by atoms with van der Waals surface area (Å²) in [5.74, 6) is 1.55. The molecule has 4 heterocycles. The number of hydrogen-bond acceptors (Lipinski definition) is 7. The van der Waals surface area contributed by atoms with Gasteiger partial charge < -0.3 is 0 Å². The second kappa shape index (κ2) is 7.56. The van der Waals surface area contributed by atoms with Crippen molar-refractivity contribution in [2.24, 2.45) is 0 Å². The van der Waals surface area contributed by atoms with Crippen molar-refractivity contribution in [3.63, 3.8) is 0 Å². The molecule has 1 aliphatic rings. The van der Waals surface area contributed by atoms with E-state index >= 15 is 0 Å². The monoisotopic (exact) mass is 405 g/mol. The van der Waals surface area contributed by atoms with E-state index < -0.39 is 15.8 Å². The van der Waals surface area contributed by atoms with Crippen LogP contribution in [0.5, 0.6) is 0 Å². The molecule has 0 saturated carbocycles. The summed E-state index contributed by atoms with van der Waals surface area (Å²) in [6.45, 7) is 0.536. The summed E-state index contributed by atoms with van der Waals surface area (Å²) in [7, 11) is 0. The summed E-state index contributed by atoms with van der Waals surface area (Å²) in [5, 5.41) is 13.1. The van der Waals surface area contributed by atoms with Crippen LogP contribution in [0, 0.1) is 0 Å². The minimum absolute atomic E-state index is 0.111. The van der Waals surface area contributed by atoms with E-state index in [4.69, 9.17) is 9.15 Å². The fraction of sp³-hybridized carbons (Fsp3) is 0.438. The Morgan fingerprint density at radius 2 is 2.32 bits per heavy atom. The van der Waals surface area contributed by atoms with Crippen LogP contribution in [0.2, 0.25) is 0 Å². The van der Waals surface area contributed by atoms with Gasteiger partial charge in [0.05, 0.1) is 0 Å². The van der Waals surface area contributed by atoms with Gasteiger partial charge in [-0.2, -0.15) is 0 Å².